The average Bonchev–Trinajstić information content (AvgIpc) is 2.97. The fraction of sp³-hybridized carbons (Fsp3) is 0.367. The third-order valence-corrected chi connectivity index (χ3v) is 8.14. The second kappa shape index (κ2) is 10.8. The Morgan fingerprint density at radius 3 is 2.09 bits per heavy atom. The molecule has 13 nitrogen and oxygen atoms in total. The monoisotopic (exact) mass is 598 g/mol. The summed E-state index contributed by atoms with van der Waals surface area (Å²) in [6.45, 7) is 1.50. The van der Waals surface area contributed by atoms with E-state index in [-0.39, 0.29) is 47.2 Å². The summed E-state index contributed by atoms with van der Waals surface area (Å²) >= 11 is 0. The number of aromatic hydroxyl groups is 5. The highest BCUT2D eigenvalue weighted by atomic mass is 16.7. The highest BCUT2D eigenvalue weighted by Crippen LogP contribution is 2.53. The molecule has 43 heavy (non-hydrogen) atoms. The fourth-order valence-corrected chi connectivity index (χ4v) is 5.83. The molecule has 8 atom stereocenters. The molecule has 228 valence electrons. The van der Waals surface area contributed by atoms with Gasteiger partial charge in [0.05, 0.1) is 12.5 Å². The smallest absolute Gasteiger partial charge is 0.312 e. The number of benzene rings is 3. The number of aliphatic hydroxyl groups excluding tert-OH is 3. The number of rotatable bonds is 4. The summed E-state index contributed by atoms with van der Waals surface area (Å²) in [5.41, 5.74) is 1.42. The van der Waals surface area contributed by atoms with E-state index in [4.69, 9.17) is 18.9 Å². The Kier molecular flexibility index (Phi) is 7.22. The minimum Gasteiger partial charge on any atom is -0.507 e. The molecule has 0 bridgehead atoms. The molecule has 0 aliphatic carbocycles. The Labute approximate surface area is 244 Å². The van der Waals surface area contributed by atoms with Gasteiger partial charge >= 0.3 is 5.97 Å². The van der Waals surface area contributed by atoms with E-state index < -0.39 is 66.3 Å². The van der Waals surface area contributed by atoms with Crippen LogP contribution in [0.25, 0.3) is 0 Å². The average molecular weight is 599 g/mol. The maximum Gasteiger partial charge on any atom is 0.312 e. The lowest BCUT2D eigenvalue weighted by Gasteiger charge is -2.43. The maximum absolute atomic E-state index is 12.6. The largest absolute Gasteiger partial charge is 0.507 e. The van der Waals surface area contributed by atoms with Crippen LogP contribution in [-0.4, -0.2) is 83.6 Å². The molecule has 3 aliphatic rings. The van der Waals surface area contributed by atoms with Gasteiger partial charge in [0.2, 0.25) is 0 Å². The highest BCUT2D eigenvalue weighted by molar-refractivity contribution is 5.80. The minimum atomic E-state index is -1.63. The molecule has 0 unspecified atom stereocenters. The van der Waals surface area contributed by atoms with Crippen molar-refractivity contribution in [1.82, 2.24) is 0 Å². The van der Waals surface area contributed by atoms with Gasteiger partial charge in [-0.3, -0.25) is 4.79 Å². The standard InChI is InChI=1S/C30H30O13/c1-11-25(37)26(38)27(39)30(40-11)42-22-8-15-18(33)10-21-24(29(15)43-28(22)13-3-5-17(32)20(35)7-13)14(9-23(36)41-21)12-2-4-16(31)19(34)6-12/h2-7,10-11,14,22,25-28,30-35,37-39H,8-9H2,1H3/t11-,14+,22-,25-,26+,27+,28+,30-/m0/s1. The Morgan fingerprint density at radius 1 is 0.767 bits per heavy atom. The lowest BCUT2D eigenvalue weighted by atomic mass is 9.82. The van der Waals surface area contributed by atoms with E-state index in [9.17, 15) is 45.6 Å². The highest BCUT2D eigenvalue weighted by Gasteiger charge is 2.47. The lowest BCUT2D eigenvalue weighted by Crippen LogP contribution is -2.58. The molecular weight excluding hydrogens is 568 g/mol. The summed E-state index contributed by atoms with van der Waals surface area (Å²) < 4.78 is 23.7. The van der Waals surface area contributed by atoms with Gasteiger partial charge in [-0.05, 0) is 42.3 Å². The van der Waals surface area contributed by atoms with E-state index in [1.165, 1.54) is 49.4 Å². The third-order valence-electron chi connectivity index (χ3n) is 8.14. The summed E-state index contributed by atoms with van der Waals surface area (Å²) in [4.78, 5) is 12.6. The molecule has 13 heteroatoms. The Hall–Kier alpha value is -4.27. The van der Waals surface area contributed by atoms with Crippen LogP contribution in [0.3, 0.4) is 0 Å². The van der Waals surface area contributed by atoms with E-state index in [1.807, 2.05) is 0 Å². The quantitative estimate of drug-likeness (QED) is 0.122. The Bertz CT molecular complexity index is 1570. The van der Waals surface area contributed by atoms with Gasteiger partial charge in [0.25, 0.3) is 0 Å². The second-order valence-electron chi connectivity index (χ2n) is 10.9. The van der Waals surface area contributed by atoms with Gasteiger partial charge < -0.3 is 59.8 Å². The zero-order valence-corrected chi connectivity index (χ0v) is 22.7. The van der Waals surface area contributed by atoms with Crippen LogP contribution in [0, 0.1) is 0 Å². The molecule has 3 aromatic rings. The lowest BCUT2D eigenvalue weighted by molar-refractivity contribution is -0.310. The molecule has 0 amide bonds. The van der Waals surface area contributed by atoms with Gasteiger partial charge in [-0.1, -0.05) is 12.1 Å². The first kappa shape index (κ1) is 28.8. The van der Waals surface area contributed by atoms with E-state index >= 15 is 0 Å². The van der Waals surface area contributed by atoms with E-state index in [2.05, 4.69) is 0 Å². The van der Waals surface area contributed by atoms with Crippen molar-refractivity contribution in [1.29, 1.82) is 0 Å². The first-order valence-electron chi connectivity index (χ1n) is 13.6. The van der Waals surface area contributed by atoms with Crippen molar-refractivity contribution in [3.63, 3.8) is 0 Å². The fourth-order valence-electron chi connectivity index (χ4n) is 5.83. The Balaban J connectivity index is 1.46. The van der Waals surface area contributed by atoms with Crippen LogP contribution < -0.4 is 9.47 Å². The number of hydrogen-bond donors (Lipinski definition) is 8. The number of carbonyl (C=O) groups is 1. The number of phenolic OH excluding ortho intramolecular Hbond substituents is 5. The number of esters is 1. The maximum atomic E-state index is 12.6. The van der Waals surface area contributed by atoms with Gasteiger partial charge in [0.1, 0.15) is 41.7 Å². The molecule has 3 heterocycles. The molecule has 3 aliphatic heterocycles. The number of aliphatic hydroxyl groups is 3. The van der Waals surface area contributed by atoms with Crippen molar-refractivity contribution in [2.75, 3.05) is 0 Å². The number of carbonyl (C=O) groups excluding carboxylic acids is 1. The van der Waals surface area contributed by atoms with E-state index in [1.54, 1.807) is 0 Å². The third kappa shape index (κ3) is 5.04. The summed E-state index contributed by atoms with van der Waals surface area (Å²) in [7, 11) is 0. The molecule has 0 aromatic heterocycles. The van der Waals surface area contributed by atoms with Crippen LogP contribution in [0.15, 0.2) is 42.5 Å². The van der Waals surface area contributed by atoms with Crippen molar-refractivity contribution in [3.8, 4) is 40.2 Å². The molecule has 1 fully saturated rings. The van der Waals surface area contributed by atoms with Crippen LogP contribution in [0.5, 0.6) is 40.2 Å². The topological polar surface area (TPSA) is 216 Å². The van der Waals surface area contributed by atoms with Crippen LogP contribution in [0.1, 0.15) is 47.6 Å². The van der Waals surface area contributed by atoms with Gasteiger partial charge in [-0.25, -0.2) is 0 Å². The van der Waals surface area contributed by atoms with Crippen molar-refractivity contribution in [2.24, 2.45) is 0 Å². The molecule has 3 aromatic carbocycles. The molecule has 0 radical (unpaired) electrons. The summed E-state index contributed by atoms with van der Waals surface area (Å²) in [5, 5.41) is 82.3. The molecular formula is C30H30O13. The Morgan fingerprint density at radius 2 is 1.42 bits per heavy atom. The zero-order chi connectivity index (χ0) is 30.7. The molecule has 8 N–H and O–H groups in total. The van der Waals surface area contributed by atoms with Crippen molar-refractivity contribution < 1.29 is 64.6 Å². The first-order valence-corrected chi connectivity index (χ1v) is 13.6. The van der Waals surface area contributed by atoms with Gasteiger partial charge in [0.15, 0.2) is 35.4 Å². The van der Waals surface area contributed by atoms with Crippen LogP contribution in [-0.2, 0) is 20.7 Å². The SMILES string of the molecule is C[C@@H]1O[C@@H](O[C@H]2Cc3c(O)cc4c(c3O[C@@H]2c2ccc(O)c(O)c2)[C@@H](c2ccc(O)c(O)c2)CC(=O)O4)[C@H](O)[C@H](O)[C@H]1O. The predicted octanol–water partition coefficient (Wildman–Crippen LogP) is 1.54. The van der Waals surface area contributed by atoms with Gasteiger partial charge in [-0.15, -0.1) is 0 Å². The zero-order valence-electron chi connectivity index (χ0n) is 22.7. The van der Waals surface area contributed by atoms with Crippen molar-refractivity contribution in [3.05, 3.63) is 64.7 Å². The number of fused-ring (bicyclic) bond motifs is 3. The first-order chi connectivity index (χ1) is 20.4. The summed E-state index contributed by atoms with van der Waals surface area (Å²) in [6, 6.07) is 9.38. The van der Waals surface area contributed by atoms with Crippen molar-refractivity contribution >= 4 is 5.97 Å². The molecule has 6 rings (SSSR count). The minimum absolute atomic E-state index is 0.0220. The summed E-state index contributed by atoms with van der Waals surface area (Å²) in [5.74, 6) is -3.02. The molecule has 0 saturated carbocycles. The molecule has 1 saturated heterocycles. The van der Waals surface area contributed by atoms with Crippen molar-refractivity contribution in [2.45, 2.75) is 68.6 Å². The second-order valence-corrected chi connectivity index (χ2v) is 10.9. The van der Waals surface area contributed by atoms with Crippen LogP contribution >= 0.6 is 0 Å². The van der Waals surface area contributed by atoms with E-state index in [0.717, 1.165) is 0 Å². The molecule has 0 spiro atoms. The number of hydrogen-bond acceptors (Lipinski definition) is 13. The van der Waals surface area contributed by atoms with Crippen LogP contribution in [0.2, 0.25) is 0 Å². The summed E-state index contributed by atoms with van der Waals surface area (Å²) in [6.07, 6.45) is -9.16. The normalized spacial score (nSPS) is 30.1. The van der Waals surface area contributed by atoms with Gasteiger partial charge in [0, 0.05) is 29.5 Å². The van der Waals surface area contributed by atoms with Crippen LogP contribution in [0.4, 0.5) is 0 Å². The number of ether oxygens (including phenoxy) is 4. The van der Waals surface area contributed by atoms with E-state index in [0.29, 0.717) is 16.7 Å². The predicted molar refractivity (Wildman–Crippen MR) is 144 cm³/mol. The number of phenols is 5. The van der Waals surface area contributed by atoms with Gasteiger partial charge in [-0.2, -0.15) is 0 Å².